The fourth-order valence-corrected chi connectivity index (χ4v) is 3.64. The second kappa shape index (κ2) is 5.21. The van der Waals surface area contributed by atoms with Gasteiger partial charge in [0.2, 0.25) is 0 Å². The topological polar surface area (TPSA) is 50.2 Å². The highest BCUT2D eigenvalue weighted by molar-refractivity contribution is 7.99. The average molecular weight is 273 g/mol. The lowest BCUT2D eigenvalue weighted by molar-refractivity contribution is 0.0697. The molecule has 0 unspecified atom stereocenters. The molecule has 19 heavy (non-hydrogen) atoms. The van der Waals surface area contributed by atoms with Crippen LogP contribution in [0.3, 0.4) is 0 Å². The first-order valence-electron chi connectivity index (χ1n) is 6.45. The molecule has 0 radical (unpaired) electrons. The summed E-state index contributed by atoms with van der Waals surface area (Å²) in [5.41, 5.74) is 2.43. The van der Waals surface area contributed by atoms with Crippen LogP contribution in [-0.2, 0) is 0 Å². The fourth-order valence-electron chi connectivity index (χ4n) is 2.54. The lowest BCUT2D eigenvalue weighted by Crippen LogP contribution is -2.08. The smallest absolute Gasteiger partial charge is 0.335 e. The summed E-state index contributed by atoms with van der Waals surface area (Å²) < 4.78 is 0. The molecule has 1 aliphatic rings. The van der Waals surface area contributed by atoms with E-state index in [0.29, 0.717) is 11.5 Å². The van der Waals surface area contributed by atoms with Crippen LogP contribution < -0.4 is 0 Å². The van der Waals surface area contributed by atoms with Gasteiger partial charge in [-0.15, -0.1) is 0 Å². The van der Waals surface area contributed by atoms with Crippen molar-refractivity contribution < 1.29 is 9.90 Å². The zero-order chi connectivity index (χ0) is 13.2. The van der Waals surface area contributed by atoms with Crippen molar-refractivity contribution in [3.05, 3.63) is 41.6 Å². The van der Waals surface area contributed by atoms with Crippen LogP contribution in [0.1, 0.15) is 34.7 Å². The summed E-state index contributed by atoms with van der Waals surface area (Å²) in [6, 6.07) is 7.20. The highest BCUT2D eigenvalue weighted by Gasteiger charge is 2.16. The summed E-state index contributed by atoms with van der Waals surface area (Å²) in [5, 5.41) is 9.97. The summed E-state index contributed by atoms with van der Waals surface area (Å²) in [7, 11) is 0. The molecule has 1 aromatic carbocycles. The number of hydrogen-bond donors (Lipinski definition) is 1. The summed E-state index contributed by atoms with van der Waals surface area (Å²) in [4.78, 5) is 15.5. The average Bonchev–Trinajstić information content (AvgIpc) is 2.47. The molecule has 1 N–H and O–H groups in total. The minimum Gasteiger partial charge on any atom is -0.478 e. The molecule has 0 aliphatic carbocycles. The Bertz CT molecular complexity index is 621. The molecule has 0 atom stereocenters. The minimum atomic E-state index is -0.888. The van der Waals surface area contributed by atoms with Gasteiger partial charge in [-0.05, 0) is 60.1 Å². The number of benzene rings is 1. The number of nitrogens with zero attached hydrogens (tertiary/aromatic N) is 1. The summed E-state index contributed by atoms with van der Waals surface area (Å²) in [5.74, 6) is 2.10. The number of carbonyl (C=O) groups is 1. The maximum absolute atomic E-state index is 11.0. The van der Waals surface area contributed by atoms with Gasteiger partial charge in [-0.3, -0.25) is 4.98 Å². The van der Waals surface area contributed by atoms with Crippen LogP contribution in [0.15, 0.2) is 30.5 Å². The highest BCUT2D eigenvalue weighted by Crippen LogP contribution is 2.32. The Balaban J connectivity index is 2.00. The third-order valence-electron chi connectivity index (χ3n) is 3.64. The highest BCUT2D eigenvalue weighted by atomic mass is 32.2. The van der Waals surface area contributed by atoms with Crippen LogP contribution in [0.4, 0.5) is 0 Å². The molecule has 3 rings (SSSR count). The van der Waals surface area contributed by atoms with Gasteiger partial charge in [0.15, 0.2) is 0 Å². The molecule has 4 heteroatoms. The van der Waals surface area contributed by atoms with E-state index in [-0.39, 0.29) is 0 Å². The second-order valence-corrected chi connectivity index (χ2v) is 6.09. The van der Waals surface area contributed by atoms with Crippen molar-refractivity contribution in [1.29, 1.82) is 0 Å². The van der Waals surface area contributed by atoms with Crippen LogP contribution in [0, 0.1) is 0 Å². The number of rotatable bonds is 2. The number of pyridine rings is 1. The molecule has 1 aromatic heterocycles. The van der Waals surface area contributed by atoms with E-state index in [4.69, 9.17) is 5.11 Å². The van der Waals surface area contributed by atoms with Gasteiger partial charge in [0.05, 0.1) is 11.1 Å². The summed E-state index contributed by atoms with van der Waals surface area (Å²) in [6.07, 6.45) is 4.33. The molecule has 2 heterocycles. The van der Waals surface area contributed by atoms with Crippen molar-refractivity contribution in [2.75, 3.05) is 11.5 Å². The lowest BCUT2D eigenvalue weighted by Gasteiger charge is -2.21. The Morgan fingerprint density at radius 1 is 1.26 bits per heavy atom. The Hall–Kier alpha value is -1.55. The van der Waals surface area contributed by atoms with E-state index in [1.165, 1.54) is 29.9 Å². The van der Waals surface area contributed by atoms with Gasteiger partial charge in [-0.2, -0.15) is 11.8 Å². The maximum atomic E-state index is 11.0. The molecule has 0 saturated carbocycles. The van der Waals surface area contributed by atoms with Gasteiger partial charge >= 0.3 is 5.97 Å². The van der Waals surface area contributed by atoms with Crippen molar-refractivity contribution in [2.24, 2.45) is 0 Å². The molecule has 2 aromatic rings. The summed E-state index contributed by atoms with van der Waals surface area (Å²) in [6.45, 7) is 0. The van der Waals surface area contributed by atoms with Gasteiger partial charge in [0, 0.05) is 11.6 Å². The van der Waals surface area contributed by atoms with Crippen molar-refractivity contribution in [2.45, 2.75) is 18.8 Å². The van der Waals surface area contributed by atoms with Crippen molar-refractivity contribution >= 4 is 28.6 Å². The largest absolute Gasteiger partial charge is 0.478 e. The van der Waals surface area contributed by atoms with E-state index in [0.717, 1.165) is 10.9 Å². The van der Waals surface area contributed by atoms with Crippen LogP contribution in [0.2, 0.25) is 0 Å². The van der Waals surface area contributed by atoms with E-state index in [1.807, 2.05) is 18.0 Å². The molecular weight excluding hydrogens is 258 g/mol. The van der Waals surface area contributed by atoms with Gasteiger partial charge in [-0.25, -0.2) is 4.79 Å². The summed E-state index contributed by atoms with van der Waals surface area (Å²) >= 11 is 2.01. The van der Waals surface area contributed by atoms with E-state index < -0.39 is 5.97 Å². The number of fused-ring (bicyclic) bond motifs is 1. The Labute approximate surface area is 116 Å². The molecule has 1 saturated heterocycles. The van der Waals surface area contributed by atoms with E-state index in [1.54, 1.807) is 18.2 Å². The Kier molecular flexibility index (Phi) is 3.42. The number of aromatic carboxylic acids is 1. The molecule has 0 spiro atoms. The predicted molar refractivity (Wildman–Crippen MR) is 78.0 cm³/mol. The van der Waals surface area contributed by atoms with Gasteiger partial charge in [0.1, 0.15) is 0 Å². The molecule has 98 valence electrons. The lowest BCUT2D eigenvalue weighted by atomic mass is 9.94. The van der Waals surface area contributed by atoms with Crippen molar-refractivity contribution in [1.82, 2.24) is 4.98 Å². The minimum absolute atomic E-state index is 0.325. The number of hydrogen-bond acceptors (Lipinski definition) is 3. The van der Waals surface area contributed by atoms with Crippen molar-refractivity contribution in [3.63, 3.8) is 0 Å². The fraction of sp³-hybridized carbons (Fsp3) is 0.333. The zero-order valence-corrected chi connectivity index (χ0v) is 11.3. The number of aromatic nitrogens is 1. The third kappa shape index (κ3) is 2.59. The van der Waals surface area contributed by atoms with E-state index in [9.17, 15) is 4.79 Å². The number of thioether (sulfide) groups is 1. The normalized spacial score (nSPS) is 16.6. The van der Waals surface area contributed by atoms with Gasteiger partial charge in [0.25, 0.3) is 0 Å². The van der Waals surface area contributed by atoms with Crippen LogP contribution >= 0.6 is 11.8 Å². The molecular formula is C15H15NO2S. The molecule has 1 fully saturated rings. The second-order valence-electron chi connectivity index (χ2n) is 4.87. The standard InChI is InChI=1S/C15H15NO2S/c17-15(18)11-1-2-14-12(7-11)8-13(9-16-14)10-3-5-19-6-4-10/h1-2,7-10H,3-6H2,(H,17,18). The van der Waals surface area contributed by atoms with Crippen molar-refractivity contribution in [3.8, 4) is 0 Å². The van der Waals surface area contributed by atoms with Crippen LogP contribution in [-0.4, -0.2) is 27.6 Å². The van der Waals surface area contributed by atoms with E-state index >= 15 is 0 Å². The number of carboxylic acid groups (broad SMARTS) is 1. The Morgan fingerprint density at radius 3 is 2.79 bits per heavy atom. The number of carboxylic acids is 1. The molecule has 1 aliphatic heterocycles. The monoisotopic (exact) mass is 273 g/mol. The molecule has 0 amide bonds. The predicted octanol–water partition coefficient (Wildman–Crippen LogP) is 3.54. The first kappa shape index (κ1) is 12.5. The first-order valence-corrected chi connectivity index (χ1v) is 7.60. The maximum Gasteiger partial charge on any atom is 0.335 e. The first-order chi connectivity index (χ1) is 9.24. The molecule has 0 bridgehead atoms. The van der Waals surface area contributed by atoms with E-state index in [2.05, 4.69) is 11.1 Å². The zero-order valence-electron chi connectivity index (χ0n) is 10.5. The van der Waals surface area contributed by atoms with Crippen LogP contribution in [0.5, 0.6) is 0 Å². The van der Waals surface area contributed by atoms with Gasteiger partial charge in [-0.1, -0.05) is 0 Å². The third-order valence-corrected chi connectivity index (χ3v) is 4.69. The van der Waals surface area contributed by atoms with Gasteiger partial charge < -0.3 is 5.11 Å². The molecule has 3 nitrogen and oxygen atoms in total. The Morgan fingerprint density at radius 2 is 2.05 bits per heavy atom. The SMILES string of the molecule is O=C(O)c1ccc2ncc(C3CCSCC3)cc2c1. The quantitative estimate of drug-likeness (QED) is 0.909. The van der Waals surface area contributed by atoms with Crippen LogP contribution in [0.25, 0.3) is 10.9 Å².